The molecule has 0 saturated heterocycles. The molecule has 6 rings (SSSR count). The number of ether oxygens (including phenoxy) is 1. The average Bonchev–Trinajstić information content (AvgIpc) is 2.78. The molecule has 1 N–H and O–H groups in total. The van der Waals surface area contributed by atoms with E-state index < -0.39 is 0 Å². The molecule has 29 heavy (non-hydrogen) atoms. The second-order valence-corrected chi connectivity index (χ2v) is 7.49. The van der Waals surface area contributed by atoms with Gasteiger partial charge in [0.05, 0.1) is 0 Å². The molecule has 0 amide bonds. The number of aromatic hydroxyl groups is 1. The highest BCUT2D eigenvalue weighted by Gasteiger charge is 2.32. The molecule has 138 valence electrons. The zero-order valence-corrected chi connectivity index (χ0v) is 15.7. The maximum absolute atomic E-state index is 11.0. The van der Waals surface area contributed by atoms with Crippen LogP contribution in [0.1, 0.15) is 22.6 Å². The summed E-state index contributed by atoms with van der Waals surface area (Å²) >= 11 is 0. The Hall–Kier alpha value is -3.78. The summed E-state index contributed by atoms with van der Waals surface area (Å²) in [5.41, 5.74) is 3.10. The fourth-order valence-corrected chi connectivity index (χ4v) is 4.64. The molecule has 1 unspecified atom stereocenters. The Kier molecular flexibility index (Phi) is 3.41. The second-order valence-electron chi connectivity index (χ2n) is 7.49. The molecular formula is C27H18O2. The molecule has 1 atom stereocenters. The molecule has 5 aromatic carbocycles. The first-order chi connectivity index (χ1) is 14.3. The van der Waals surface area contributed by atoms with Crippen LogP contribution in [0.4, 0.5) is 0 Å². The molecule has 2 nitrogen and oxygen atoms in total. The summed E-state index contributed by atoms with van der Waals surface area (Å²) in [5, 5.41) is 15.5. The van der Waals surface area contributed by atoms with Crippen LogP contribution < -0.4 is 4.74 Å². The Morgan fingerprint density at radius 2 is 1.17 bits per heavy atom. The van der Waals surface area contributed by atoms with Crippen molar-refractivity contribution in [2.24, 2.45) is 0 Å². The van der Waals surface area contributed by atoms with Crippen molar-refractivity contribution < 1.29 is 9.84 Å². The number of phenols is 1. The van der Waals surface area contributed by atoms with E-state index in [1.54, 1.807) is 6.07 Å². The van der Waals surface area contributed by atoms with Gasteiger partial charge in [-0.25, -0.2) is 0 Å². The summed E-state index contributed by atoms with van der Waals surface area (Å²) in [6.07, 6.45) is 0. The van der Waals surface area contributed by atoms with Gasteiger partial charge in [-0.2, -0.15) is 0 Å². The first-order valence-electron chi connectivity index (χ1n) is 9.80. The van der Waals surface area contributed by atoms with Gasteiger partial charge in [0.25, 0.3) is 0 Å². The highest BCUT2D eigenvalue weighted by molar-refractivity contribution is 5.94. The van der Waals surface area contributed by atoms with E-state index in [1.807, 2.05) is 42.5 Å². The molecule has 1 heterocycles. The molecule has 0 bridgehead atoms. The van der Waals surface area contributed by atoms with Crippen molar-refractivity contribution in [2.75, 3.05) is 0 Å². The number of rotatable bonds is 1. The molecule has 0 radical (unpaired) electrons. The third-order valence-electron chi connectivity index (χ3n) is 5.91. The largest absolute Gasteiger partial charge is 0.508 e. The monoisotopic (exact) mass is 374 g/mol. The number of benzene rings is 5. The van der Waals surface area contributed by atoms with Gasteiger partial charge in [-0.1, -0.05) is 78.9 Å². The maximum Gasteiger partial charge on any atom is 0.132 e. The van der Waals surface area contributed by atoms with Gasteiger partial charge < -0.3 is 9.84 Å². The van der Waals surface area contributed by atoms with Crippen molar-refractivity contribution in [3.8, 4) is 17.2 Å². The summed E-state index contributed by atoms with van der Waals surface area (Å²) in [4.78, 5) is 0. The minimum atomic E-state index is -0.118. The van der Waals surface area contributed by atoms with Gasteiger partial charge in [-0.3, -0.25) is 0 Å². The first-order valence-corrected chi connectivity index (χ1v) is 9.80. The molecule has 0 saturated carbocycles. The molecule has 0 spiro atoms. The molecule has 2 heteroatoms. The Balaban J connectivity index is 1.78. The van der Waals surface area contributed by atoms with E-state index in [1.165, 1.54) is 5.39 Å². The van der Waals surface area contributed by atoms with Crippen LogP contribution >= 0.6 is 0 Å². The van der Waals surface area contributed by atoms with Crippen molar-refractivity contribution in [2.45, 2.75) is 5.92 Å². The zero-order valence-electron chi connectivity index (χ0n) is 15.7. The van der Waals surface area contributed by atoms with Crippen molar-refractivity contribution in [3.63, 3.8) is 0 Å². The molecule has 1 aliphatic rings. The highest BCUT2D eigenvalue weighted by Crippen LogP contribution is 2.52. The predicted octanol–water partition coefficient (Wildman–Crippen LogP) is 6.98. The molecular weight excluding hydrogens is 356 g/mol. The smallest absolute Gasteiger partial charge is 0.132 e. The van der Waals surface area contributed by atoms with Gasteiger partial charge in [-0.15, -0.1) is 0 Å². The van der Waals surface area contributed by atoms with Crippen LogP contribution in [0.25, 0.3) is 21.5 Å². The van der Waals surface area contributed by atoms with Gasteiger partial charge >= 0.3 is 0 Å². The van der Waals surface area contributed by atoms with Crippen LogP contribution in [0.5, 0.6) is 17.2 Å². The van der Waals surface area contributed by atoms with E-state index in [0.717, 1.165) is 44.3 Å². The summed E-state index contributed by atoms with van der Waals surface area (Å²) in [6.45, 7) is 0. The van der Waals surface area contributed by atoms with Crippen LogP contribution in [-0.4, -0.2) is 5.11 Å². The molecule has 0 fully saturated rings. The van der Waals surface area contributed by atoms with E-state index in [9.17, 15) is 5.11 Å². The zero-order chi connectivity index (χ0) is 19.4. The number of fused-ring (bicyclic) bond motifs is 5. The standard InChI is InChI=1S/C27H18O2/c28-22-15-13-17-7-1-3-9-19(17)25(22)27-21-11-5-6-12-23(21)29-24-16-14-18-8-2-4-10-20(18)26(24)27/h1-16,27-28H. The van der Waals surface area contributed by atoms with Gasteiger partial charge in [0.15, 0.2) is 0 Å². The lowest BCUT2D eigenvalue weighted by Gasteiger charge is -2.31. The summed E-state index contributed by atoms with van der Waals surface area (Å²) in [5.74, 6) is 1.88. The number of hydrogen-bond acceptors (Lipinski definition) is 2. The third-order valence-corrected chi connectivity index (χ3v) is 5.91. The fourth-order valence-electron chi connectivity index (χ4n) is 4.64. The molecule has 1 aliphatic heterocycles. The van der Waals surface area contributed by atoms with E-state index in [0.29, 0.717) is 5.75 Å². The summed E-state index contributed by atoms with van der Waals surface area (Å²) in [7, 11) is 0. The van der Waals surface area contributed by atoms with Crippen molar-refractivity contribution in [1.29, 1.82) is 0 Å². The van der Waals surface area contributed by atoms with Crippen molar-refractivity contribution in [3.05, 3.63) is 114 Å². The van der Waals surface area contributed by atoms with Gasteiger partial charge in [0.2, 0.25) is 0 Å². The van der Waals surface area contributed by atoms with Crippen molar-refractivity contribution in [1.82, 2.24) is 0 Å². The number of hydrogen-bond donors (Lipinski definition) is 1. The van der Waals surface area contributed by atoms with Gasteiger partial charge in [-0.05, 0) is 39.7 Å². The number of para-hydroxylation sites is 1. The van der Waals surface area contributed by atoms with Gasteiger partial charge in [0, 0.05) is 22.6 Å². The van der Waals surface area contributed by atoms with E-state index >= 15 is 0 Å². The maximum atomic E-state index is 11.0. The Bertz CT molecular complexity index is 1350. The predicted molar refractivity (Wildman–Crippen MR) is 117 cm³/mol. The minimum Gasteiger partial charge on any atom is -0.508 e. The first kappa shape index (κ1) is 16.2. The number of phenolic OH excluding ortho intramolecular Hbond substituents is 1. The van der Waals surface area contributed by atoms with E-state index in [4.69, 9.17) is 4.74 Å². The lowest BCUT2D eigenvalue weighted by atomic mass is 9.78. The Labute approximate surface area is 168 Å². The van der Waals surface area contributed by atoms with Crippen LogP contribution in [0.15, 0.2) is 97.1 Å². The van der Waals surface area contributed by atoms with Gasteiger partial charge in [0.1, 0.15) is 17.2 Å². The lowest BCUT2D eigenvalue weighted by Crippen LogP contribution is -2.13. The minimum absolute atomic E-state index is 0.118. The molecule has 0 aromatic heterocycles. The van der Waals surface area contributed by atoms with E-state index in [-0.39, 0.29) is 5.92 Å². The van der Waals surface area contributed by atoms with Crippen LogP contribution in [-0.2, 0) is 0 Å². The molecule has 0 aliphatic carbocycles. The van der Waals surface area contributed by atoms with E-state index in [2.05, 4.69) is 48.5 Å². The average molecular weight is 374 g/mol. The topological polar surface area (TPSA) is 29.5 Å². The fraction of sp³-hybridized carbons (Fsp3) is 0.0370. The highest BCUT2D eigenvalue weighted by atomic mass is 16.5. The Morgan fingerprint density at radius 3 is 1.97 bits per heavy atom. The van der Waals surface area contributed by atoms with Crippen molar-refractivity contribution >= 4 is 21.5 Å². The third kappa shape index (κ3) is 2.36. The normalized spacial score (nSPS) is 15.0. The lowest BCUT2D eigenvalue weighted by molar-refractivity contribution is 0.445. The second kappa shape index (κ2) is 6.11. The van der Waals surface area contributed by atoms with Crippen LogP contribution in [0.2, 0.25) is 0 Å². The Morgan fingerprint density at radius 1 is 0.552 bits per heavy atom. The quantitative estimate of drug-likeness (QED) is 0.336. The summed E-state index contributed by atoms with van der Waals surface area (Å²) < 4.78 is 6.31. The SMILES string of the molecule is Oc1ccc2ccccc2c1C1c2ccccc2Oc2ccc3ccccc3c21. The summed E-state index contributed by atoms with van der Waals surface area (Å²) in [6, 6.07) is 32.7. The van der Waals surface area contributed by atoms with Crippen LogP contribution in [0.3, 0.4) is 0 Å². The molecule has 5 aromatic rings. The van der Waals surface area contributed by atoms with Crippen LogP contribution in [0, 0.1) is 0 Å².